The summed E-state index contributed by atoms with van der Waals surface area (Å²) in [4.78, 5) is 10.4. The van der Waals surface area contributed by atoms with Gasteiger partial charge in [-0.25, -0.2) is 0 Å². The number of rotatable bonds is 8. The molecule has 19 heavy (non-hydrogen) atoms. The standard InChI is InChI=1S/C13H18BrNO4/c1-19-12-4-2-10(14)6-9(12)7-15-8-11(16)3-5-13(17)18/h2,4,6,11,15-16H,3,5,7-8H2,1H3,(H,17,18). The SMILES string of the molecule is COc1ccc(Br)cc1CNCC(O)CCC(=O)O. The van der Waals surface area contributed by atoms with Gasteiger partial charge in [0, 0.05) is 29.5 Å². The van der Waals surface area contributed by atoms with Crippen LogP contribution in [0.5, 0.6) is 5.75 Å². The highest BCUT2D eigenvalue weighted by Crippen LogP contribution is 2.22. The molecule has 0 amide bonds. The molecule has 0 fully saturated rings. The van der Waals surface area contributed by atoms with E-state index in [1.165, 1.54) is 0 Å². The van der Waals surface area contributed by atoms with E-state index in [0.717, 1.165) is 15.8 Å². The van der Waals surface area contributed by atoms with Crippen molar-refractivity contribution in [1.29, 1.82) is 0 Å². The van der Waals surface area contributed by atoms with Gasteiger partial charge >= 0.3 is 5.97 Å². The fourth-order valence-electron chi connectivity index (χ4n) is 1.65. The van der Waals surface area contributed by atoms with E-state index in [0.29, 0.717) is 13.1 Å². The van der Waals surface area contributed by atoms with Gasteiger partial charge in [0.25, 0.3) is 0 Å². The first kappa shape index (κ1) is 15.9. The summed E-state index contributed by atoms with van der Waals surface area (Å²) in [5.41, 5.74) is 0.974. The lowest BCUT2D eigenvalue weighted by Crippen LogP contribution is -2.27. The molecule has 0 aliphatic heterocycles. The molecular weight excluding hydrogens is 314 g/mol. The molecular formula is C13H18BrNO4. The lowest BCUT2D eigenvalue weighted by molar-refractivity contribution is -0.137. The first-order valence-corrected chi connectivity index (χ1v) is 6.75. The predicted molar refractivity (Wildman–Crippen MR) is 75.3 cm³/mol. The second-order valence-electron chi connectivity index (χ2n) is 4.17. The van der Waals surface area contributed by atoms with Crippen molar-refractivity contribution in [2.24, 2.45) is 0 Å². The maximum Gasteiger partial charge on any atom is 0.303 e. The van der Waals surface area contributed by atoms with Crippen molar-refractivity contribution in [3.05, 3.63) is 28.2 Å². The van der Waals surface area contributed by atoms with Crippen LogP contribution in [-0.4, -0.2) is 35.9 Å². The molecule has 6 heteroatoms. The van der Waals surface area contributed by atoms with Crippen molar-refractivity contribution >= 4 is 21.9 Å². The molecule has 0 bridgehead atoms. The zero-order valence-electron chi connectivity index (χ0n) is 10.7. The predicted octanol–water partition coefficient (Wildman–Crippen LogP) is 1.77. The molecule has 1 atom stereocenters. The Balaban J connectivity index is 2.40. The molecule has 106 valence electrons. The van der Waals surface area contributed by atoms with Crippen LogP contribution < -0.4 is 10.1 Å². The zero-order valence-corrected chi connectivity index (χ0v) is 12.3. The minimum atomic E-state index is -0.896. The molecule has 0 radical (unpaired) electrons. The first-order chi connectivity index (χ1) is 9.02. The lowest BCUT2D eigenvalue weighted by atomic mass is 10.1. The van der Waals surface area contributed by atoms with Crippen LogP contribution in [0.15, 0.2) is 22.7 Å². The Hall–Kier alpha value is -1.11. The zero-order chi connectivity index (χ0) is 14.3. The first-order valence-electron chi connectivity index (χ1n) is 5.96. The minimum Gasteiger partial charge on any atom is -0.496 e. The highest BCUT2D eigenvalue weighted by molar-refractivity contribution is 9.10. The van der Waals surface area contributed by atoms with E-state index < -0.39 is 12.1 Å². The topological polar surface area (TPSA) is 78.8 Å². The normalized spacial score (nSPS) is 12.2. The molecule has 0 spiro atoms. The average molecular weight is 332 g/mol. The molecule has 0 aliphatic rings. The van der Waals surface area contributed by atoms with Crippen LogP contribution in [0.3, 0.4) is 0 Å². The maximum absolute atomic E-state index is 10.4. The molecule has 3 N–H and O–H groups in total. The van der Waals surface area contributed by atoms with Crippen LogP contribution in [0.1, 0.15) is 18.4 Å². The van der Waals surface area contributed by atoms with Crippen LogP contribution in [-0.2, 0) is 11.3 Å². The van der Waals surface area contributed by atoms with Crippen molar-refractivity contribution in [2.45, 2.75) is 25.5 Å². The van der Waals surface area contributed by atoms with Crippen LogP contribution >= 0.6 is 15.9 Å². The molecule has 1 aromatic rings. The number of methoxy groups -OCH3 is 1. The Morgan fingerprint density at radius 1 is 1.53 bits per heavy atom. The summed E-state index contributed by atoms with van der Waals surface area (Å²) in [6.45, 7) is 0.899. The molecule has 0 aliphatic carbocycles. The van der Waals surface area contributed by atoms with E-state index in [1.807, 2.05) is 18.2 Å². The number of aliphatic carboxylic acids is 1. The van der Waals surface area contributed by atoms with Gasteiger partial charge in [-0.2, -0.15) is 0 Å². The van der Waals surface area contributed by atoms with Crippen molar-refractivity contribution < 1.29 is 19.7 Å². The summed E-state index contributed by atoms with van der Waals surface area (Å²) in [5, 5.41) is 21.2. The number of nitrogens with one attached hydrogen (secondary N) is 1. The highest BCUT2D eigenvalue weighted by Gasteiger charge is 2.08. The van der Waals surface area contributed by atoms with Gasteiger partial charge in [-0.15, -0.1) is 0 Å². The molecule has 0 saturated carbocycles. The number of ether oxygens (including phenoxy) is 1. The Labute approximate surface area is 120 Å². The number of hydrogen-bond acceptors (Lipinski definition) is 4. The number of carboxylic acid groups (broad SMARTS) is 1. The third-order valence-electron chi connectivity index (χ3n) is 2.63. The Bertz CT molecular complexity index is 425. The minimum absolute atomic E-state index is 0.0247. The Kier molecular flexibility index (Phi) is 6.83. The summed E-state index contributed by atoms with van der Waals surface area (Å²) in [5.74, 6) is -0.122. The number of carbonyl (C=O) groups is 1. The van der Waals surface area contributed by atoms with Gasteiger partial charge in [-0.3, -0.25) is 4.79 Å². The van der Waals surface area contributed by atoms with E-state index in [4.69, 9.17) is 9.84 Å². The van der Waals surface area contributed by atoms with Crippen molar-refractivity contribution in [1.82, 2.24) is 5.32 Å². The Morgan fingerprint density at radius 3 is 2.89 bits per heavy atom. The molecule has 1 aromatic carbocycles. The number of carboxylic acids is 1. The van der Waals surface area contributed by atoms with Crippen molar-refractivity contribution in [2.75, 3.05) is 13.7 Å². The highest BCUT2D eigenvalue weighted by atomic mass is 79.9. The molecule has 5 nitrogen and oxygen atoms in total. The van der Waals surface area contributed by atoms with Crippen LogP contribution in [0.25, 0.3) is 0 Å². The van der Waals surface area contributed by atoms with Gasteiger partial charge < -0.3 is 20.3 Å². The van der Waals surface area contributed by atoms with E-state index in [2.05, 4.69) is 21.2 Å². The summed E-state index contributed by atoms with van der Waals surface area (Å²) in [7, 11) is 1.61. The molecule has 0 heterocycles. The number of halogens is 1. The van der Waals surface area contributed by atoms with Crippen LogP contribution in [0.2, 0.25) is 0 Å². The van der Waals surface area contributed by atoms with Crippen molar-refractivity contribution in [3.8, 4) is 5.75 Å². The summed E-state index contributed by atoms with van der Waals surface area (Å²) >= 11 is 3.39. The van der Waals surface area contributed by atoms with Crippen LogP contribution in [0.4, 0.5) is 0 Å². The fraction of sp³-hybridized carbons (Fsp3) is 0.462. The van der Waals surface area contributed by atoms with Gasteiger partial charge in [0.15, 0.2) is 0 Å². The fourth-order valence-corrected chi connectivity index (χ4v) is 2.06. The molecule has 1 rings (SSSR count). The smallest absolute Gasteiger partial charge is 0.303 e. The quantitative estimate of drug-likeness (QED) is 0.676. The lowest BCUT2D eigenvalue weighted by Gasteiger charge is -2.13. The second kappa shape index (κ2) is 8.14. The van der Waals surface area contributed by atoms with Gasteiger partial charge in [0.2, 0.25) is 0 Å². The summed E-state index contributed by atoms with van der Waals surface area (Å²) < 4.78 is 6.19. The summed E-state index contributed by atoms with van der Waals surface area (Å²) in [6.07, 6.45) is -0.435. The van der Waals surface area contributed by atoms with Gasteiger partial charge in [-0.1, -0.05) is 15.9 Å². The van der Waals surface area contributed by atoms with E-state index >= 15 is 0 Å². The number of benzene rings is 1. The Morgan fingerprint density at radius 2 is 2.26 bits per heavy atom. The average Bonchev–Trinajstić information content (AvgIpc) is 2.36. The number of aliphatic hydroxyl groups is 1. The number of hydrogen-bond donors (Lipinski definition) is 3. The van der Waals surface area contributed by atoms with E-state index in [9.17, 15) is 9.90 Å². The van der Waals surface area contributed by atoms with Gasteiger partial charge in [-0.05, 0) is 24.6 Å². The maximum atomic E-state index is 10.4. The van der Waals surface area contributed by atoms with Gasteiger partial charge in [0.05, 0.1) is 13.2 Å². The van der Waals surface area contributed by atoms with E-state index in [1.54, 1.807) is 7.11 Å². The molecule has 0 aromatic heterocycles. The molecule has 0 saturated heterocycles. The third kappa shape index (κ3) is 6.04. The van der Waals surface area contributed by atoms with Gasteiger partial charge in [0.1, 0.15) is 5.75 Å². The third-order valence-corrected chi connectivity index (χ3v) is 3.12. The second-order valence-corrected chi connectivity index (χ2v) is 5.09. The largest absolute Gasteiger partial charge is 0.496 e. The summed E-state index contributed by atoms with van der Waals surface area (Å²) in [6, 6.07) is 5.70. The molecule has 1 unspecified atom stereocenters. The van der Waals surface area contributed by atoms with Crippen molar-refractivity contribution in [3.63, 3.8) is 0 Å². The van der Waals surface area contributed by atoms with E-state index in [-0.39, 0.29) is 12.8 Å². The monoisotopic (exact) mass is 331 g/mol. The number of aliphatic hydroxyl groups excluding tert-OH is 1. The van der Waals surface area contributed by atoms with Crippen LogP contribution in [0, 0.1) is 0 Å².